The molecule has 0 radical (unpaired) electrons. The number of benzene rings is 1. The third kappa shape index (κ3) is 8.41. The molecular weight excluding hydrogens is 722 g/mol. The first-order chi connectivity index (χ1) is 24.2. The molecule has 2 N–H and O–H groups in total. The molecule has 0 unspecified atom stereocenters. The fraction of sp³-hybridized carbons (Fsp3) is 0.258. The summed E-state index contributed by atoms with van der Waals surface area (Å²) in [6, 6.07) is 11.0. The Hall–Kier alpha value is -5.62. The number of carbonyl (C=O) groups is 3. The topological polar surface area (TPSA) is 189 Å². The van der Waals surface area contributed by atoms with Gasteiger partial charge in [-0.15, -0.1) is 5.10 Å². The van der Waals surface area contributed by atoms with Gasteiger partial charge in [0.1, 0.15) is 5.82 Å². The normalized spacial score (nSPS) is 16.0. The number of aromatic nitrogens is 8. The van der Waals surface area contributed by atoms with Crippen LogP contribution in [0.3, 0.4) is 0 Å². The molecule has 6 rings (SSSR count). The number of pyridine rings is 1. The predicted molar refractivity (Wildman–Crippen MR) is 175 cm³/mol. The molecular formula is C31H26Cl2F3N9O6. The number of ether oxygens (including phenoxy) is 1. The van der Waals surface area contributed by atoms with Crippen molar-refractivity contribution in [2.45, 2.75) is 38.4 Å². The van der Waals surface area contributed by atoms with Gasteiger partial charge in [-0.25, -0.2) is 23.9 Å². The maximum absolute atomic E-state index is 13.7. The highest BCUT2D eigenvalue weighted by Crippen LogP contribution is 2.30. The number of fused-ring (bicyclic) bond motifs is 4. The lowest BCUT2D eigenvalue weighted by atomic mass is 9.98. The van der Waals surface area contributed by atoms with E-state index in [2.05, 4.69) is 30.7 Å². The molecule has 2 atom stereocenters. The van der Waals surface area contributed by atoms with Crippen LogP contribution in [0.2, 0.25) is 10.2 Å². The molecule has 0 fully saturated rings. The summed E-state index contributed by atoms with van der Waals surface area (Å²) in [5, 5.41) is 22.9. The molecule has 266 valence electrons. The molecule has 15 nitrogen and oxygen atoms in total. The Labute approximate surface area is 295 Å². The standard InChI is InChI=1S/C29H25Cl2N9O4.C2HF3O2/c1-16-4-3-5-24(21-11-18(8-9-32-21)40-26(34-28(16)42)12-22(36-40)29(43)44-2)38-15-33-20(13-27(38)41)19-10-17(30)6-7-23(19)39-14-25(31)35-37-39;3-2(4,5)1(6)7/h6-16,24H,3-5H2,1-2H3,(H,34,42);(H,6,7)/t16-,24+;/m1./s1. The number of carboxylic acids is 1. The van der Waals surface area contributed by atoms with E-state index in [1.54, 1.807) is 42.7 Å². The minimum Gasteiger partial charge on any atom is -0.475 e. The number of aliphatic carboxylic acids is 1. The van der Waals surface area contributed by atoms with Crippen LogP contribution >= 0.6 is 23.2 Å². The van der Waals surface area contributed by atoms with E-state index in [9.17, 15) is 27.6 Å². The third-order valence-corrected chi connectivity index (χ3v) is 8.04. The van der Waals surface area contributed by atoms with Crippen molar-refractivity contribution in [3.63, 3.8) is 0 Å². The van der Waals surface area contributed by atoms with Crippen LogP contribution in [-0.4, -0.2) is 75.5 Å². The smallest absolute Gasteiger partial charge is 0.475 e. The summed E-state index contributed by atoms with van der Waals surface area (Å²) in [5.74, 6) is -3.66. The van der Waals surface area contributed by atoms with Gasteiger partial charge in [0.2, 0.25) is 5.91 Å². The molecule has 51 heavy (non-hydrogen) atoms. The number of rotatable bonds is 4. The number of methoxy groups -OCH3 is 1. The van der Waals surface area contributed by atoms with Gasteiger partial charge in [-0.3, -0.25) is 19.1 Å². The van der Waals surface area contributed by atoms with Crippen molar-refractivity contribution in [2.24, 2.45) is 5.92 Å². The highest BCUT2D eigenvalue weighted by atomic mass is 35.5. The number of carbonyl (C=O) groups excluding carboxylic acids is 2. The average Bonchev–Trinajstić information content (AvgIpc) is 3.72. The van der Waals surface area contributed by atoms with E-state index in [-0.39, 0.29) is 28.2 Å². The summed E-state index contributed by atoms with van der Waals surface area (Å²) in [6.45, 7) is 1.82. The molecule has 0 saturated carbocycles. The number of hydrogen-bond acceptors (Lipinski definition) is 10. The van der Waals surface area contributed by atoms with E-state index in [1.807, 2.05) is 6.92 Å². The number of halogens is 5. The van der Waals surface area contributed by atoms with Crippen molar-refractivity contribution in [2.75, 3.05) is 12.4 Å². The van der Waals surface area contributed by atoms with Gasteiger partial charge < -0.3 is 15.2 Å². The summed E-state index contributed by atoms with van der Waals surface area (Å²) in [7, 11) is 1.26. The highest BCUT2D eigenvalue weighted by Gasteiger charge is 2.38. The second kappa shape index (κ2) is 15.1. The van der Waals surface area contributed by atoms with Gasteiger partial charge in [0, 0.05) is 34.8 Å². The number of carboxylic acid groups (broad SMARTS) is 1. The van der Waals surface area contributed by atoms with Gasteiger partial charge in [0.25, 0.3) is 5.56 Å². The van der Waals surface area contributed by atoms with Crippen molar-refractivity contribution in [1.29, 1.82) is 0 Å². The number of hydrogen-bond donors (Lipinski definition) is 2. The number of alkyl halides is 3. The van der Waals surface area contributed by atoms with Crippen LogP contribution in [0.1, 0.15) is 48.4 Å². The number of amides is 1. The highest BCUT2D eigenvalue weighted by molar-refractivity contribution is 6.31. The van der Waals surface area contributed by atoms with Crippen molar-refractivity contribution >= 4 is 46.9 Å². The van der Waals surface area contributed by atoms with Gasteiger partial charge in [0.15, 0.2) is 10.8 Å². The van der Waals surface area contributed by atoms with Gasteiger partial charge >= 0.3 is 18.1 Å². The molecule has 0 saturated heterocycles. The summed E-state index contributed by atoms with van der Waals surface area (Å²) in [6.07, 6.45) is 1.20. The number of nitrogens with one attached hydrogen (secondary N) is 1. The summed E-state index contributed by atoms with van der Waals surface area (Å²) in [4.78, 5) is 57.1. The van der Waals surface area contributed by atoms with E-state index in [0.29, 0.717) is 58.4 Å². The Balaban J connectivity index is 0.000000654. The molecule has 4 aromatic heterocycles. The number of nitrogens with zero attached hydrogens (tertiary/aromatic N) is 8. The molecule has 1 aliphatic heterocycles. The quantitative estimate of drug-likeness (QED) is 0.232. The fourth-order valence-corrected chi connectivity index (χ4v) is 5.41. The average molecular weight is 749 g/mol. The van der Waals surface area contributed by atoms with Crippen molar-refractivity contribution in [3.05, 3.63) is 93.1 Å². The van der Waals surface area contributed by atoms with E-state index < -0.39 is 24.2 Å². The van der Waals surface area contributed by atoms with Crippen LogP contribution in [0.25, 0.3) is 22.6 Å². The van der Waals surface area contributed by atoms with Crippen molar-refractivity contribution < 1.29 is 37.4 Å². The molecule has 1 aliphatic rings. The molecule has 5 aromatic rings. The van der Waals surface area contributed by atoms with Crippen molar-refractivity contribution in [1.82, 2.24) is 39.3 Å². The van der Waals surface area contributed by atoms with Crippen LogP contribution in [0.15, 0.2) is 66.0 Å². The Kier molecular flexibility index (Phi) is 10.8. The first-order valence-electron chi connectivity index (χ1n) is 14.9. The molecule has 1 aromatic carbocycles. The number of esters is 1. The predicted octanol–water partition coefficient (Wildman–Crippen LogP) is 5.15. The van der Waals surface area contributed by atoms with Gasteiger partial charge in [-0.05, 0) is 43.2 Å². The Morgan fingerprint density at radius 3 is 2.45 bits per heavy atom. The van der Waals surface area contributed by atoms with Crippen LogP contribution in [0.4, 0.5) is 19.0 Å². The second-order valence-electron chi connectivity index (χ2n) is 11.1. The minimum atomic E-state index is -5.08. The van der Waals surface area contributed by atoms with Gasteiger partial charge in [-0.2, -0.15) is 18.3 Å². The minimum absolute atomic E-state index is 0.0322. The zero-order valence-corrected chi connectivity index (χ0v) is 28.0. The molecule has 0 spiro atoms. The van der Waals surface area contributed by atoms with E-state index in [0.717, 1.165) is 0 Å². The summed E-state index contributed by atoms with van der Waals surface area (Å²) < 4.78 is 41.0. The lowest BCUT2D eigenvalue weighted by molar-refractivity contribution is -0.192. The van der Waals surface area contributed by atoms with Crippen LogP contribution in [0, 0.1) is 5.92 Å². The summed E-state index contributed by atoms with van der Waals surface area (Å²) in [5.41, 5.74) is 2.37. The Bertz CT molecular complexity index is 2170. The monoisotopic (exact) mass is 747 g/mol. The SMILES string of the molecule is COC(=O)c1cc2n(n1)-c1ccnc(c1)[C@@H](n1cnc(-c3cc(Cl)ccc3-n3cc(Cl)nn3)cc1=O)CCC[C@@H](C)C(=O)N2.O=C(O)C(F)(F)F. The molecule has 2 bridgehead atoms. The second-order valence-corrected chi connectivity index (χ2v) is 11.9. The maximum atomic E-state index is 13.7. The molecule has 1 amide bonds. The summed E-state index contributed by atoms with van der Waals surface area (Å²) >= 11 is 12.3. The Morgan fingerprint density at radius 1 is 1.06 bits per heavy atom. The lowest BCUT2D eigenvalue weighted by Crippen LogP contribution is -2.27. The van der Waals surface area contributed by atoms with E-state index >= 15 is 0 Å². The van der Waals surface area contributed by atoms with Crippen molar-refractivity contribution in [3.8, 4) is 22.6 Å². The van der Waals surface area contributed by atoms with Gasteiger partial charge in [-0.1, -0.05) is 41.8 Å². The largest absolute Gasteiger partial charge is 0.490 e. The maximum Gasteiger partial charge on any atom is 0.490 e. The Morgan fingerprint density at radius 2 is 1.80 bits per heavy atom. The zero-order valence-electron chi connectivity index (χ0n) is 26.5. The van der Waals surface area contributed by atoms with E-state index in [1.165, 1.54) is 39.5 Å². The first kappa shape index (κ1) is 36.7. The molecule has 5 heterocycles. The van der Waals surface area contributed by atoms with E-state index in [4.69, 9.17) is 37.8 Å². The molecule has 20 heteroatoms. The van der Waals surface area contributed by atoms with Gasteiger partial charge in [0.05, 0.1) is 48.4 Å². The van der Waals surface area contributed by atoms with Crippen LogP contribution in [-0.2, 0) is 14.3 Å². The lowest BCUT2D eigenvalue weighted by Gasteiger charge is -2.22. The molecule has 0 aliphatic carbocycles. The third-order valence-electron chi connectivity index (χ3n) is 7.63. The van der Waals surface area contributed by atoms with Crippen LogP contribution < -0.4 is 10.9 Å². The number of anilines is 1. The zero-order chi connectivity index (χ0) is 37.0. The van der Waals surface area contributed by atoms with Crippen LogP contribution in [0.5, 0.6) is 0 Å². The fourth-order valence-electron chi connectivity index (χ4n) is 5.12. The first-order valence-corrected chi connectivity index (χ1v) is 15.6.